The van der Waals surface area contributed by atoms with E-state index in [0.29, 0.717) is 12.1 Å². The molecule has 6 heteroatoms. The van der Waals surface area contributed by atoms with Gasteiger partial charge in [-0.25, -0.2) is 4.68 Å². The quantitative estimate of drug-likeness (QED) is 0.829. The second-order valence-corrected chi connectivity index (χ2v) is 6.31. The third kappa shape index (κ3) is 3.11. The zero-order chi connectivity index (χ0) is 14.7. The van der Waals surface area contributed by atoms with E-state index in [0.717, 1.165) is 45.0 Å². The number of likely N-dealkylation sites (N-methyl/N-ethyl adjacent to an activating group) is 1. The highest BCUT2D eigenvalue weighted by molar-refractivity contribution is 4.97. The van der Waals surface area contributed by atoms with Crippen LogP contribution in [0.3, 0.4) is 0 Å². The number of piperazine rings is 1. The van der Waals surface area contributed by atoms with Crippen LogP contribution in [0.1, 0.15) is 63.9 Å². The van der Waals surface area contributed by atoms with Crippen molar-refractivity contribution in [3.63, 3.8) is 0 Å². The van der Waals surface area contributed by atoms with Crippen LogP contribution in [0.15, 0.2) is 0 Å². The Balaban J connectivity index is 1.73. The summed E-state index contributed by atoms with van der Waals surface area (Å²) in [7, 11) is 0. The summed E-state index contributed by atoms with van der Waals surface area (Å²) in [5.74, 6) is 1.09. The van der Waals surface area contributed by atoms with Crippen LogP contribution in [0.2, 0.25) is 0 Å². The van der Waals surface area contributed by atoms with Crippen LogP contribution in [0.4, 0.5) is 0 Å². The molecular formula is C15H28N6. The Bertz CT molecular complexity index is 431. The van der Waals surface area contributed by atoms with Gasteiger partial charge < -0.3 is 4.90 Å². The molecule has 1 aliphatic heterocycles. The van der Waals surface area contributed by atoms with Gasteiger partial charge in [0.05, 0.1) is 12.1 Å². The second kappa shape index (κ2) is 6.83. The van der Waals surface area contributed by atoms with Gasteiger partial charge in [-0.2, -0.15) is 0 Å². The van der Waals surface area contributed by atoms with Gasteiger partial charge in [0.2, 0.25) is 0 Å². The van der Waals surface area contributed by atoms with Crippen molar-refractivity contribution in [2.45, 2.75) is 58.0 Å². The second-order valence-electron chi connectivity index (χ2n) is 6.31. The van der Waals surface area contributed by atoms with Crippen LogP contribution in [-0.4, -0.2) is 62.7 Å². The van der Waals surface area contributed by atoms with Crippen LogP contribution in [0, 0.1) is 0 Å². The molecule has 1 aromatic rings. The van der Waals surface area contributed by atoms with Crippen molar-refractivity contribution in [3.05, 3.63) is 5.82 Å². The average molecular weight is 292 g/mol. The predicted octanol–water partition coefficient (Wildman–Crippen LogP) is 1.88. The highest BCUT2D eigenvalue weighted by Crippen LogP contribution is 2.32. The normalized spacial score (nSPS) is 23.7. The van der Waals surface area contributed by atoms with Gasteiger partial charge in [0, 0.05) is 26.2 Å². The van der Waals surface area contributed by atoms with Crippen molar-refractivity contribution in [1.82, 2.24) is 30.0 Å². The fourth-order valence-electron chi connectivity index (χ4n) is 3.82. The van der Waals surface area contributed by atoms with Crippen molar-refractivity contribution in [3.8, 4) is 0 Å². The molecule has 1 aromatic heterocycles. The van der Waals surface area contributed by atoms with Gasteiger partial charge in [0.15, 0.2) is 5.82 Å². The monoisotopic (exact) mass is 292 g/mol. The molecule has 118 valence electrons. The molecule has 0 spiro atoms. The maximum Gasteiger partial charge on any atom is 0.168 e. The van der Waals surface area contributed by atoms with Crippen LogP contribution >= 0.6 is 0 Å². The van der Waals surface area contributed by atoms with Crippen molar-refractivity contribution >= 4 is 0 Å². The fourth-order valence-corrected chi connectivity index (χ4v) is 3.82. The lowest BCUT2D eigenvalue weighted by atomic mass is 10.1. The summed E-state index contributed by atoms with van der Waals surface area (Å²) in [6, 6.07) is 0.903. The Morgan fingerprint density at radius 2 is 1.81 bits per heavy atom. The molecule has 1 atom stereocenters. The average Bonchev–Trinajstić information content (AvgIpc) is 3.19. The van der Waals surface area contributed by atoms with Gasteiger partial charge in [-0.3, -0.25) is 4.90 Å². The highest BCUT2D eigenvalue weighted by Gasteiger charge is 2.30. The van der Waals surface area contributed by atoms with Gasteiger partial charge in [0.25, 0.3) is 0 Å². The zero-order valence-electron chi connectivity index (χ0n) is 13.4. The Morgan fingerprint density at radius 1 is 1.10 bits per heavy atom. The van der Waals surface area contributed by atoms with E-state index < -0.39 is 0 Å². The summed E-state index contributed by atoms with van der Waals surface area (Å²) < 4.78 is 2.13. The lowest BCUT2D eigenvalue weighted by Gasteiger charge is -2.38. The molecular weight excluding hydrogens is 264 g/mol. The number of nitrogens with zero attached hydrogens (tertiary/aromatic N) is 6. The fraction of sp³-hybridized carbons (Fsp3) is 0.933. The summed E-state index contributed by atoms with van der Waals surface area (Å²) >= 11 is 0. The Labute approximate surface area is 127 Å². The molecule has 2 aliphatic rings. The number of hydrogen-bond donors (Lipinski definition) is 0. The molecule has 3 rings (SSSR count). The van der Waals surface area contributed by atoms with Gasteiger partial charge in [-0.15, -0.1) is 5.10 Å². The van der Waals surface area contributed by atoms with E-state index in [1.54, 1.807) is 0 Å². The lowest BCUT2D eigenvalue weighted by molar-refractivity contribution is 0.0903. The standard InChI is InChI=1S/C15H28N6/c1-3-14(20-11-9-19(4-2)10-12-20)15-16-17-18-21(15)13-7-5-6-8-13/h13-14H,3-12H2,1-2H3. The van der Waals surface area contributed by atoms with Gasteiger partial charge in [0.1, 0.15) is 0 Å². The SMILES string of the molecule is CCC(c1nnnn1C1CCCC1)N1CCN(CC)CC1. The molecule has 0 radical (unpaired) electrons. The Morgan fingerprint density at radius 3 is 2.43 bits per heavy atom. The van der Waals surface area contributed by atoms with E-state index >= 15 is 0 Å². The summed E-state index contributed by atoms with van der Waals surface area (Å²) in [6.07, 6.45) is 6.18. The van der Waals surface area contributed by atoms with Crippen LogP contribution in [0.25, 0.3) is 0 Å². The van der Waals surface area contributed by atoms with E-state index in [2.05, 4.69) is 43.9 Å². The number of rotatable bonds is 5. The number of hydrogen-bond acceptors (Lipinski definition) is 5. The molecule has 2 heterocycles. The maximum absolute atomic E-state index is 4.39. The summed E-state index contributed by atoms with van der Waals surface area (Å²) in [5, 5.41) is 12.7. The van der Waals surface area contributed by atoms with E-state index in [4.69, 9.17) is 0 Å². The van der Waals surface area contributed by atoms with Gasteiger partial charge in [-0.1, -0.05) is 26.7 Å². The molecule has 1 unspecified atom stereocenters. The van der Waals surface area contributed by atoms with E-state index in [1.807, 2.05) is 0 Å². The van der Waals surface area contributed by atoms with Crippen LogP contribution < -0.4 is 0 Å². The van der Waals surface area contributed by atoms with Crippen molar-refractivity contribution in [1.29, 1.82) is 0 Å². The molecule has 2 fully saturated rings. The maximum atomic E-state index is 4.39. The minimum Gasteiger partial charge on any atom is -0.301 e. The summed E-state index contributed by atoms with van der Waals surface area (Å²) in [4.78, 5) is 5.09. The molecule has 21 heavy (non-hydrogen) atoms. The molecule has 1 aliphatic carbocycles. The zero-order valence-corrected chi connectivity index (χ0v) is 13.4. The van der Waals surface area contributed by atoms with Crippen molar-refractivity contribution in [2.75, 3.05) is 32.7 Å². The molecule has 1 saturated heterocycles. The lowest BCUT2D eigenvalue weighted by Crippen LogP contribution is -2.47. The van der Waals surface area contributed by atoms with Crippen molar-refractivity contribution < 1.29 is 0 Å². The molecule has 1 saturated carbocycles. The molecule has 6 nitrogen and oxygen atoms in total. The number of aromatic nitrogens is 4. The summed E-state index contributed by atoms with van der Waals surface area (Å²) in [5.41, 5.74) is 0. The van der Waals surface area contributed by atoms with Gasteiger partial charge in [-0.05, 0) is 36.2 Å². The third-order valence-electron chi connectivity index (χ3n) is 5.17. The first-order valence-electron chi connectivity index (χ1n) is 8.57. The molecule has 0 N–H and O–H groups in total. The first kappa shape index (κ1) is 14.9. The minimum absolute atomic E-state index is 0.375. The van der Waals surface area contributed by atoms with Crippen LogP contribution in [-0.2, 0) is 0 Å². The van der Waals surface area contributed by atoms with E-state index in [-0.39, 0.29) is 0 Å². The Kier molecular flexibility index (Phi) is 4.85. The topological polar surface area (TPSA) is 50.1 Å². The first-order chi connectivity index (χ1) is 10.3. The summed E-state index contributed by atoms with van der Waals surface area (Å²) in [6.45, 7) is 10.2. The minimum atomic E-state index is 0.375. The predicted molar refractivity (Wildman–Crippen MR) is 82.0 cm³/mol. The number of tetrazole rings is 1. The molecule has 0 amide bonds. The first-order valence-corrected chi connectivity index (χ1v) is 8.57. The largest absolute Gasteiger partial charge is 0.301 e. The van der Waals surface area contributed by atoms with E-state index in [1.165, 1.54) is 25.7 Å². The third-order valence-corrected chi connectivity index (χ3v) is 5.17. The van der Waals surface area contributed by atoms with Crippen LogP contribution in [0.5, 0.6) is 0 Å². The van der Waals surface area contributed by atoms with E-state index in [9.17, 15) is 0 Å². The molecule has 0 aromatic carbocycles. The highest BCUT2D eigenvalue weighted by atomic mass is 15.6. The van der Waals surface area contributed by atoms with Gasteiger partial charge >= 0.3 is 0 Å². The Hall–Kier alpha value is -1.01. The molecule has 0 bridgehead atoms. The smallest absolute Gasteiger partial charge is 0.168 e. The van der Waals surface area contributed by atoms with Crippen molar-refractivity contribution in [2.24, 2.45) is 0 Å².